The quantitative estimate of drug-likeness (QED) is 0.390. The van der Waals surface area contributed by atoms with E-state index in [0.29, 0.717) is 28.0 Å². The van der Waals surface area contributed by atoms with Crippen LogP contribution in [-0.2, 0) is 14.8 Å². The van der Waals surface area contributed by atoms with Crippen LogP contribution in [0.1, 0.15) is 26.7 Å². The monoisotopic (exact) mass is 468 g/mol. The van der Waals surface area contributed by atoms with Gasteiger partial charge in [-0.1, -0.05) is 11.6 Å². The molecule has 3 aromatic heterocycles. The Hall–Kier alpha value is -2.63. The Morgan fingerprint density at radius 3 is 2.84 bits per heavy atom. The van der Waals surface area contributed by atoms with Crippen molar-refractivity contribution in [3.8, 4) is 11.4 Å². The molecule has 3 N–H and O–H groups in total. The summed E-state index contributed by atoms with van der Waals surface area (Å²) in [4.78, 5) is 27.8. The minimum atomic E-state index is -3.30. The van der Waals surface area contributed by atoms with Crippen molar-refractivity contribution in [2.75, 3.05) is 17.6 Å². The Morgan fingerprint density at radius 2 is 2.10 bits per heavy atom. The summed E-state index contributed by atoms with van der Waals surface area (Å²) in [5.74, 6) is -0.782. The fourth-order valence-corrected chi connectivity index (χ4v) is 3.67. The minimum Gasteiger partial charge on any atom is -0.358 e. The number of H-pyrrole nitrogens is 1. The smallest absolute Gasteiger partial charge is 0.211 e. The molecule has 0 unspecified atom stereocenters. The molecular formula is C19H22ClFN6O3S. The summed E-state index contributed by atoms with van der Waals surface area (Å²) in [6.07, 6.45) is 4.65. The van der Waals surface area contributed by atoms with E-state index < -0.39 is 21.9 Å². The number of fused-ring (bicyclic) bond motifs is 1. The summed E-state index contributed by atoms with van der Waals surface area (Å²) in [6.45, 7) is 3.29. The molecule has 0 bridgehead atoms. The Labute approximate surface area is 183 Å². The van der Waals surface area contributed by atoms with Crippen LogP contribution in [0.4, 0.5) is 10.2 Å². The number of nitrogens with zero attached hydrogens (tertiary/aromatic N) is 3. The summed E-state index contributed by atoms with van der Waals surface area (Å²) in [7, 11) is -3.30. The van der Waals surface area contributed by atoms with Crippen molar-refractivity contribution in [2.24, 2.45) is 0 Å². The van der Waals surface area contributed by atoms with Gasteiger partial charge in [0.05, 0.1) is 23.0 Å². The highest BCUT2D eigenvalue weighted by molar-refractivity contribution is 7.89. The van der Waals surface area contributed by atoms with Gasteiger partial charge >= 0.3 is 0 Å². The number of nitrogens with one attached hydrogen (secondary N) is 3. The molecule has 1 atom stereocenters. The van der Waals surface area contributed by atoms with Crippen LogP contribution < -0.4 is 10.0 Å². The van der Waals surface area contributed by atoms with E-state index in [0.717, 1.165) is 6.20 Å². The van der Waals surface area contributed by atoms with E-state index in [-0.39, 0.29) is 36.1 Å². The van der Waals surface area contributed by atoms with Crippen LogP contribution in [0.2, 0.25) is 5.02 Å². The van der Waals surface area contributed by atoms with Gasteiger partial charge in [0.25, 0.3) is 0 Å². The van der Waals surface area contributed by atoms with E-state index >= 15 is 0 Å². The molecule has 3 heterocycles. The number of halogens is 2. The average Bonchev–Trinajstić information content (AvgIpc) is 3.15. The third-order valence-corrected chi connectivity index (χ3v) is 6.23. The fourth-order valence-electron chi connectivity index (χ4n) is 2.86. The number of hydrogen-bond donors (Lipinski definition) is 3. The lowest BCUT2D eigenvalue weighted by molar-refractivity contribution is -0.119. The molecule has 0 amide bonds. The molecule has 9 nitrogen and oxygen atoms in total. The van der Waals surface area contributed by atoms with Crippen LogP contribution in [0.15, 0.2) is 24.7 Å². The van der Waals surface area contributed by atoms with Crippen LogP contribution in [-0.4, -0.2) is 52.5 Å². The lowest BCUT2D eigenvalue weighted by Crippen LogP contribution is -2.30. The molecule has 3 rings (SSSR count). The summed E-state index contributed by atoms with van der Waals surface area (Å²) in [5, 5.41) is 3.90. The van der Waals surface area contributed by atoms with E-state index in [1.807, 2.05) is 0 Å². The molecule has 0 aliphatic rings. The van der Waals surface area contributed by atoms with Gasteiger partial charge < -0.3 is 10.3 Å². The number of aromatic nitrogens is 4. The largest absolute Gasteiger partial charge is 0.358 e. The second-order valence-corrected chi connectivity index (χ2v) is 9.41. The first-order valence-corrected chi connectivity index (χ1v) is 11.7. The van der Waals surface area contributed by atoms with Gasteiger partial charge in [-0.15, -0.1) is 0 Å². The van der Waals surface area contributed by atoms with Gasteiger partial charge in [0.2, 0.25) is 10.0 Å². The Kier molecular flexibility index (Phi) is 7.19. The van der Waals surface area contributed by atoms with Crippen LogP contribution in [0.3, 0.4) is 0 Å². The molecule has 0 aromatic carbocycles. The Morgan fingerprint density at radius 1 is 1.32 bits per heavy atom. The summed E-state index contributed by atoms with van der Waals surface area (Å²) in [5.41, 5.74) is 1.18. The molecule has 12 heteroatoms. The maximum atomic E-state index is 14.3. The zero-order valence-corrected chi connectivity index (χ0v) is 18.5. The fraction of sp³-hybridized carbons (Fsp3) is 0.368. The van der Waals surface area contributed by atoms with E-state index in [4.69, 9.17) is 11.6 Å². The molecule has 166 valence electrons. The topological polar surface area (TPSA) is 130 Å². The highest BCUT2D eigenvalue weighted by atomic mass is 35.5. The number of aromatic amines is 1. The molecular weight excluding hydrogens is 447 g/mol. The first kappa shape index (κ1) is 23.0. The van der Waals surface area contributed by atoms with Crippen molar-refractivity contribution in [1.82, 2.24) is 24.7 Å². The average molecular weight is 469 g/mol. The normalized spacial score (nSPS) is 12.8. The van der Waals surface area contributed by atoms with E-state index in [1.54, 1.807) is 19.2 Å². The van der Waals surface area contributed by atoms with Crippen LogP contribution in [0.5, 0.6) is 0 Å². The van der Waals surface area contributed by atoms with E-state index in [1.165, 1.54) is 13.1 Å². The van der Waals surface area contributed by atoms with Gasteiger partial charge in [0.15, 0.2) is 23.2 Å². The van der Waals surface area contributed by atoms with Gasteiger partial charge in [-0.2, -0.15) is 0 Å². The number of sulfonamides is 1. The first-order chi connectivity index (χ1) is 14.7. The van der Waals surface area contributed by atoms with Crippen molar-refractivity contribution >= 4 is 44.3 Å². The van der Waals surface area contributed by atoms with Crippen LogP contribution >= 0.6 is 11.6 Å². The van der Waals surface area contributed by atoms with Gasteiger partial charge in [-0.3, -0.25) is 4.79 Å². The summed E-state index contributed by atoms with van der Waals surface area (Å²) < 4.78 is 39.5. The molecule has 0 saturated carbocycles. The molecule has 0 aliphatic carbocycles. The van der Waals surface area contributed by atoms with Crippen molar-refractivity contribution in [1.29, 1.82) is 0 Å². The number of pyridine rings is 1. The summed E-state index contributed by atoms with van der Waals surface area (Å²) in [6, 6.07) is 0.980. The summed E-state index contributed by atoms with van der Waals surface area (Å²) >= 11 is 6.02. The number of hydrogen-bond acceptors (Lipinski definition) is 7. The standard InChI is InChI=1S/C19H22ClFN6O3S/c1-3-31(29,30)25-6-4-5-16(28)11(2)26-19-15(21)10-24-18(27-19)14-9-23-17-13(14)7-12(20)8-22-17/h7-11,25H,3-6H2,1-2H3,(H,22,23)(H,24,26,27)/t11-/m0/s1. The highest BCUT2D eigenvalue weighted by Gasteiger charge is 2.18. The number of anilines is 1. The Balaban J connectivity index is 1.69. The third-order valence-electron chi connectivity index (χ3n) is 4.62. The molecule has 0 fully saturated rings. The van der Waals surface area contributed by atoms with Crippen molar-refractivity contribution in [3.63, 3.8) is 0 Å². The number of Topliss-reactive ketones (excluding diaryl/α,β-unsaturated/α-hetero) is 1. The van der Waals surface area contributed by atoms with E-state index in [2.05, 4.69) is 30.0 Å². The SMILES string of the molecule is CCS(=O)(=O)NCCCC(=O)[C@H](C)Nc1nc(-c2c[nH]c3ncc(Cl)cc23)ncc1F. The second-order valence-electron chi connectivity index (χ2n) is 6.88. The van der Waals surface area contributed by atoms with E-state index in [9.17, 15) is 17.6 Å². The predicted octanol–water partition coefficient (Wildman–Crippen LogP) is 2.90. The minimum absolute atomic E-state index is 0.0209. The van der Waals surface area contributed by atoms with Gasteiger partial charge in [-0.25, -0.2) is 32.5 Å². The lowest BCUT2D eigenvalue weighted by atomic mass is 10.1. The molecule has 3 aromatic rings. The zero-order valence-electron chi connectivity index (χ0n) is 16.9. The predicted molar refractivity (Wildman–Crippen MR) is 117 cm³/mol. The number of rotatable bonds is 10. The molecule has 0 spiro atoms. The van der Waals surface area contributed by atoms with Crippen LogP contribution in [0, 0.1) is 5.82 Å². The van der Waals surface area contributed by atoms with Crippen molar-refractivity contribution < 1.29 is 17.6 Å². The van der Waals surface area contributed by atoms with Gasteiger partial charge in [-0.05, 0) is 26.3 Å². The maximum Gasteiger partial charge on any atom is 0.211 e. The Bertz CT molecular complexity index is 1200. The van der Waals surface area contributed by atoms with Crippen molar-refractivity contribution in [2.45, 2.75) is 32.7 Å². The number of carbonyl (C=O) groups excluding carboxylic acids is 1. The molecule has 0 radical (unpaired) electrons. The highest BCUT2D eigenvalue weighted by Crippen LogP contribution is 2.28. The maximum absolute atomic E-state index is 14.3. The van der Waals surface area contributed by atoms with Crippen LogP contribution in [0.25, 0.3) is 22.4 Å². The second kappa shape index (κ2) is 9.67. The number of carbonyl (C=O) groups is 1. The number of ketones is 1. The van der Waals surface area contributed by atoms with Gasteiger partial charge in [0.1, 0.15) is 5.65 Å². The van der Waals surface area contributed by atoms with Gasteiger partial charge in [0, 0.05) is 36.3 Å². The first-order valence-electron chi connectivity index (χ1n) is 9.62. The molecule has 0 saturated heterocycles. The lowest BCUT2D eigenvalue weighted by Gasteiger charge is -2.14. The third kappa shape index (κ3) is 5.75. The zero-order chi connectivity index (χ0) is 22.6. The van der Waals surface area contributed by atoms with Crippen molar-refractivity contribution in [3.05, 3.63) is 35.5 Å². The molecule has 0 aliphatic heterocycles. The molecule has 31 heavy (non-hydrogen) atoms.